The Kier molecular flexibility index (Phi) is 5.14. The molecule has 0 aliphatic heterocycles. The number of hydrogen-bond acceptors (Lipinski definition) is 0. The smallest absolute Gasteiger partial charge is 0.0647 e. The fourth-order valence-corrected chi connectivity index (χ4v) is 8.40. The van der Waals surface area contributed by atoms with Gasteiger partial charge in [-0.15, -0.1) is 0 Å². The maximum Gasteiger partial charge on any atom is 0.0647 e. The molecule has 48 heavy (non-hydrogen) atoms. The van der Waals surface area contributed by atoms with E-state index in [1.807, 2.05) is 0 Å². The van der Waals surface area contributed by atoms with E-state index in [9.17, 15) is 0 Å². The topological polar surface area (TPSA) is 9.34 Å². The lowest BCUT2D eigenvalue weighted by atomic mass is 9.98. The first-order chi connectivity index (χ1) is 23.8. The summed E-state index contributed by atoms with van der Waals surface area (Å²) < 4.78 is 5.03. The van der Waals surface area contributed by atoms with Crippen LogP contribution in [0.3, 0.4) is 0 Å². The molecule has 11 aromatic rings. The van der Waals surface area contributed by atoms with Crippen molar-refractivity contribution in [3.8, 4) is 27.9 Å². The van der Waals surface area contributed by atoms with E-state index < -0.39 is 0 Å². The third kappa shape index (κ3) is 3.36. The molecular weight excluding hydrogens is 581 g/mol. The molecule has 0 atom stereocenters. The van der Waals surface area contributed by atoms with Gasteiger partial charge in [-0.3, -0.25) is 0 Å². The predicted molar refractivity (Wildman–Crippen MR) is 204 cm³/mol. The monoisotopic (exact) mass is 608 g/mol. The highest BCUT2D eigenvalue weighted by Crippen LogP contribution is 2.48. The molecule has 0 saturated carbocycles. The molecule has 3 aromatic heterocycles. The van der Waals surface area contributed by atoms with Gasteiger partial charge in [-0.2, -0.15) is 0 Å². The number of aromatic nitrogens is 2. The second-order valence-electron chi connectivity index (χ2n) is 12.9. The zero-order valence-corrected chi connectivity index (χ0v) is 26.1. The highest BCUT2D eigenvalue weighted by Gasteiger charge is 2.25. The minimum Gasteiger partial charge on any atom is -0.309 e. The molecule has 0 amide bonds. The quantitative estimate of drug-likeness (QED) is 0.189. The van der Waals surface area contributed by atoms with Gasteiger partial charge in [0.2, 0.25) is 0 Å². The van der Waals surface area contributed by atoms with Crippen LogP contribution in [0.4, 0.5) is 0 Å². The Morgan fingerprint density at radius 3 is 1.50 bits per heavy atom. The average Bonchev–Trinajstić information content (AvgIpc) is 3.81. The van der Waals surface area contributed by atoms with Gasteiger partial charge >= 0.3 is 0 Å². The average molecular weight is 609 g/mol. The Hall–Kier alpha value is -6.38. The number of nitrogens with zero attached hydrogens (tertiary/aromatic N) is 2. The van der Waals surface area contributed by atoms with Crippen molar-refractivity contribution in [2.24, 2.45) is 0 Å². The van der Waals surface area contributed by atoms with E-state index in [0.29, 0.717) is 0 Å². The van der Waals surface area contributed by atoms with E-state index in [2.05, 4.69) is 179 Å². The minimum atomic E-state index is 1.16. The summed E-state index contributed by atoms with van der Waals surface area (Å²) in [4.78, 5) is 0. The molecule has 0 N–H and O–H groups in total. The van der Waals surface area contributed by atoms with E-state index in [0.717, 1.165) is 5.69 Å². The number of para-hydroxylation sites is 3. The van der Waals surface area contributed by atoms with E-state index in [1.54, 1.807) is 0 Å². The molecule has 222 valence electrons. The highest BCUT2D eigenvalue weighted by molar-refractivity contribution is 6.39. The normalized spacial score (nSPS) is 12.2. The molecule has 0 bridgehead atoms. The summed E-state index contributed by atoms with van der Waals surface area (Å²) in [6.07, 6.45) is 0. The molecular formula is C46H28N2. The van der Waals surface area contributed by atoms with Crippen LogP contribution in [0, 0.1) is 0 Å². The van der Waals surface area contributed by atoms with Crippen LogP contribution in [0.1, 0.15) is 0 Å². The van der Waals surface area contributed by atoms with Crippen molar-refractivity contribution in [1.82, 2.24) is 8.97 Å². The van der Waals surface area contributed by atoms with Crippen molar-refractivity contribution < 1.29 is 0 Å². The number of benzene rings is 8. The highest BCUT2D eigenvalue weighted by atomic mass is 15.0. The second kappa shape index (κ2) is 9.57. The van der Waals surface area contributed by atoms with E-state index >= 15 is 0 Å². The summed E-state index contributed by atoms with van der Waals surface area (Å²) in [5, 5.41) is 10.4. The zero-order valence-electron chi connectivity index (χ0n) is 26.1. The van der Waals surface area contributed by atoms with Crippen molar-refractivity contribution in [1.29, 1.82) is 0 Å². The summed E-state index contributed by atoms with van der Waals surface area (Å²) in [5.74, 6) is 0. The van der Waals surface area contributed by atoms with Crippen LogP contribution in [-0.2, 0) is 0 Å². The predicted octanol–water partition coefficient (Wildman–Crippen LogP) is 12.4. The van der Waals surface area contributed by atoms with Crippen LogP contribution in [0.25, 0.3) is 98.6 Å². The molecule has 0 fully saturated rings. The third-order valence-corrected chi connectivity index (χ3v) is 10.4. The van der Waals surface area contributed by atoms with Crippen LogP contribution in [0.2, 0.25) is 0 Å². The Balaban J connectivity index is 1.22. The number of fused-ring (bicyclic) bond motifs is 13. The zero-order chi connectivity index (χ0) is 31.3. The van der Waals surface area contributed by atoms with Gasteiger partial charge in [-0.05, 0) is 51.9 Å². The van der Waals surface area contributed by atoms with Gasteiger partial charge in [0.25, 0.3) is 0 Å². The summed E-state index contributed by atoms with van der Waals surface area (Å²) >= 11 is 0. The molecule has 0 unspecified atom stereocenters. The maximum atomic E-state index is 2.53. The van der Waals surface area contributed by atoms with Crippen molar-refractivity contribution in [3.05, 3.63) is 170 Å². The first-order valence-electron chi connectivity index (χ1n) is 16.6. The molecule has 0 radical (unpaired) electrons. The van der Waals surface area contributed by atoms with Crippen LogP contribution >= 0.6 is 0 Å². The van der Waals surface area contributed by atoms with Gasteiger partial charge in [0.15, 0.2) is 0 Å². The molecule has 0 aliphatic rings. The first kappa shape index (κ1) is 25.8. The van der Waals surface area contributed by atoms with Crippen LogP contribution in [0.15, 0.2) is 170 Å². The van der Waals surface area contributed by atoms with E-state index in [4.69, 9.17) is 0 Å². The van der Waals surface area contributed by atoms with Crippen molar-refractivity contribution in [2.45, 2.75) is 0 Å². The SMILES string of the molecule is c1ccc(-c2ccc(-c3ccc(-n4c5ccccc5c5c6ccccc6c6c(c7cccc8c9ccccc9n6c87)c54)cc3)cc2)cc1. The summed E-state index contributed by atoms with van der Waals surface area (Å²) in [6.45, 7) is 0. The van der Waals surface area contributed by atoms with Crippen molar-refractivity contribution >= 4 is 70.7 Å². The molecule has 2 nitrogen and oxygen atoms in total. The number of hydrogen-bond donors (Lipinski definition) is 0. The molecule has 0 spiro atoms. The molecule has 0 aliphatic carbocycles. The molecule has 3 heterocycles. The van der Waals surface area contributed by atoms with E-state index in [1.165, 1.54) is 92.9 Å². The Morgan fingerprint density at radius 2 is 0.771 bits per heavy atom. The van der Waals surface area contributed by atoms with Crippen LogP contribution in [0.5, 0.6) is 0 Å². The Bertz CT molecular complexity index is 3010. The lowest BCUT2D eigenvalue weighted by Crippen LogP contribution is -1.95. The van der Waals surface area contributed by atoms with Gasteiger partial charge in [0, 0.05) is 43.4 Å². The fourth-order valence-electron chi connectivity index (χ4n) is 8.40. The summed E-state index contributed by atoms with van der Waals surface area (Å²) in [5.41, 5.74) is 12.4. The third-order valence-electron chi connectivity index (χ3n) is 10.4. The fraction of sp³-hybridized carbons (Fsp3) is 0. The maximum absolute atomic E-state index is 2.53. The Labute approximate surface area is 276 Å². The lowest BCUT2D eigenvalue weighted by molar-refractivity contribution is 1.19. The lowest BCUT2D eigenvalue weighted by Gasteiger charge is -2.12. The van der Waals surface area contributed by atoms with Crippen molar-refractivity contribution in [2.75, 3.05) is 0 Å². The number of rotatable bonds is 3. The van der Waals surface area contributed by atoms with Gasteiger partial charge in [-0.1, -0.05) is 146 Å². The molecule has 8 aromatic carbocycles. The second-order valence-corrected chi connectivity index (χ2v) is 12.9. The summed E-state index contributed by atoms with van der Waals surface area (Å²) in [6, 6.07) is 62.2. The largest absolute Gasteiger partial charge is 0.309 e. The summed E-state index contributed by atoms with van der Waals surface area (Å²) in [7, 11) is 0. The molecule has 11 rings (SSSR count). The van der Waals surface area contributed by atoms with Gasteiger partial charge in [0.1, 0.15) is 0 Å². The molecule has 2 heteroatoms. The Morgan fingerprint density at radius 1 is 0.271 bits per heavy atom. The van der Waals surface area contributed by atoms with Gasteiger partial charge in [-0.25, -0.2) is 0 Å². The van der Waals surface area contributed by atoms with Crippen molar-refractivity contribution in [3.63, 3.8) is 0 Å². The molecule has 0 saturated heterocycles. The standard InChI is InChI=1S/C46H28N2/c1-2-11-29(12-3-1)30-21-23-31(24-22-30)32-25-27-33(28-26-32)47-41-20-9-7-16-38(41)42-35-14-4-5-15-37(35)45-43(46(42)47)39-18-10-17-36-34-13-6-8-19-40(34)48(45)44(36)39/h1-28H. The van der Waals surface area contributed by atoms with Gasteiger partial charge < -0.3 is 8.97 Å². The van der Waals surface area contributed by atoms with E-state index in [-0.39, 0.29) is 0 Å². The van der Waals surface area contributed by atoms with Crippen LogP contribution in [-0.4, -0.2) is 8.97 Å². The minimum absolute atomic E-state index is 1.16. The first-order valence-corrected chi connectivity index (χ1v) is 16.6. The van der Waals surface area contributed by atoms with Crippen LogP contribution < -0.4 is 0 Å². The van der Waals surface area contributed by atoms with Gasteiger partial charge in [0.05, 0.1) is 27.6 Å².